The molecule has 0 radical (unpaired) electrons. The molecule has 7 aromatic carbocycles. The fourth-order valence-corrected chi connectivity index (χ4v) is 23.3. The molecule has 0 amide bonds. The molecule has 0 saturated heterocycles. The highest BCUT2D eigenvalue weighted by molar-refractivity contribution is 6.95. The molecule has 8 aromatic rings. The van der Waals surface area contributed by atoms with Crippen molar-refractivity contribution in [2.24, 2.45) is 0 Å². The van der Waals surface area contributed by atoms with Crippen LogP contribution in [0.2, 0.25) is 39.3 Å². The standard InChI is InChI=1S/C58H56N2O2Si3/c1-63(2,49-39-31-45(32-40-49)25-23-43-27-35-47(36-28-43)59-55-19-11-7-15-51(55)52-16-8-12-20-56(52)59)61-65(5,6)62-64(3,4)50-41-33-46(34-42-50)26-24-44-29-37-48(38-30-44)60-57-21-13-9-17-53(57)54-18-10-14-22-58(54)60/h7-42,51,55H,1-6H3/b25-23+,26-24+. The van der Waals surface area contributed by atoms with Gasteiger partial charge in [0.2, 0.25) is 16.6 Å². The molecule has 7 heteroatoms. The summed E-state index contributed by atoms with van der Waals surface area (Å²) < 4.78 is 16.5. The summed E-state index contributed by atoms with van der Waals surface area (Å²) in [6, 6.07) is 62.0. The van der Waals surface area contributed by atoms with Crippen molar-refractivity contribution >= 4 is 93.1 Å². The van der Waals surface area contributed by atoms with Crippen LogP contribution < -0.4 is 15.3 Å². The maximum absolute atomic E-state index is 7.08. The van der Waals surface area contributed by atoms with Crippen LogP contribution in [0, 0.1) is 0 Å². The van der Waals surface area contributed by atoms with Crippen LogP contribution in [0.25, 0.3) is 51.8 Å². The highest BCUT2D eigenvalue weighted by Gasteiger charge is 2.41. The van der Waals surface area contributed by atoms with Crippen LogP contribution in [-0.4, -0.2) is 35.8 Å². The normalized spacial score (nSPS) is 16.3. The number of hydrogen-bond donors (Lipinski definition) is 0. The minimum atomic E-state index is -2.50. The third-order valence-electron chi connectivity index (χ3n) is 13.0. The third-order valence-corrected chi connectivity index (χ3v) is 24.5. The van der Waals surface area contributed by atoms with Gasteiger partial charge in [0, 0.05) is 33.8 Å². The Hall–Kier alpha value is -6.33. The minimum absolute atomic E-state index is 0.310. The number of aromatic nitrogens is 1. The lowest BCUT2D eigenvalue weighted by Crippen LogP contribution is -2.59. The Morgan fingerprint density at radius 1 is 0.431 bits per heavy atom. The molecule has 0 spiro atoms. The van der Waals surface area contributed by atoms with Crippen molar-refractivity contribution in [3.8, 4) is 5.69 Å². The molecule has 0 bridgehead atoms. The van der Waals surface area contributed by atoms with E-state index in [0.29, 0.717) is 12.0 Å². The molecule has 2 heterocycles. The second-order valence-electron chi connectivity index (χ2n) is 18.8. The molecule has 2 unspecified atom stereocenters. The van der Waals surface area contributed by atoms with Crippen molar-refractivity contribution in [2.75, 3.05) is 4.90 Å². The van der Waals surface area contributed by atoms with E-state index in [1.165, 1.54) is 71.4 Å². The third kappa shape index (κ3) is 8.66. The van der Waals surface area contributed by atoms with Gasteiger partial charge in [-0.25, -0.2) is 0 Å². The molecular weight excluding hydrogens is 841 g/mol. The summed E-state index contributed by atoms with van der Waals surface area (Å²) in [4.78, 5) is 2.48. The highest BCUT2D eigenvalue weighted by atomic mass is 28.5. The number of para-hydroxylation sites is 3. The fraction of sp³-hybridized carbons (Fsp3) is 0.138. The van der Waals surface area contributed by atoms with Gasteiger partial charge in [-0.15, -0.1) is 0 Å². The molecule has 1 aliphatic carbocycles. The van der Waals surface area contributed by atoms with Gasteiger partial charge < -0.3 is 17.7 Å². The molecule has 2 aliphatic rings. The lowest BCUT2D eigenvalue weighted by Gasteiger charge is -2.39. The number of nitrogens with zero attached hydrogens (tertiary/aromatic N) is 2. The van der Waals surface area contributed by atoms with Gasteiger partial charge in [-0.05, 0) is 120 Å². The summed E-state index contributed by atoms with van der Waals surface area (Å²) in [7, 11) is -7.04. The van der Waals surface area contributed by atoms with E-state index in [-0.39, 0.29) is 0 Å². The largest absolute Gasteiger partial charge is 0.433 e. The molecule has 2 atom stereocenters. The molecule has 1 aliphatic heterocycles. The predicted octanol–water partition coefficient (Wildman–Crippen LogP) is 14.1. The second kappa shape index (κ2) is 17.2. The lowest BCUT2D eigenvalue weighted by atomic mass is 9.91. The fourth-order valence-electron chi connectivity index (χ4n) is 10.0. The average Bonchev–Trinajstić information content (AvgIpc) is 3.83. The van der Waals surface area contributed by atoms with E-state index in [9.17, 15) is 0 Å². The van der Waals surface area contributed by atoms with E-state index >= 15 is 0 Å². The van der Waals surface area contributed by atoms with Crippen molar-refractivity contribution in [1.29, 1.82) is 0 Å². The minimum Gasteiger partial charge on any atom is -0.433 e. The summed E-state index contributed by atoms with van der Waals surface area (Å²) in [5, 5.41) is 5.10. The molecule has 1 aromatic heterocycles. The van der Waals surface area contributed by atoms with E-state index in [1.807, 2.05) is 0 Å². The summed E-state index contributed by atoms with van der Waals surface area (Å²) >= 11 is 0. The van der Waals surface area contributed by atoms with Crippen molar-refractivity contribution in [1.82, 2.24) is 4.57 Å². The van der Waals surface area contributed by atoms with Crippen molar-refractivity contribution < 1.29 is 8.23 Å². The molecular formula is C58H56N2O2Si3. The topological polar surface area (TPSA) is 26.6 Å². The van der Waals surface area contributed by atoms with Crippen LogP contribution in [0.1, 0.15) is 33.7 Å². The molecule has 4 nitrogen and oxygen atoms in total. The highest BCUT2D eigenvalue weighted by Crippen LogP contribution is 2.47. The zero-order valence-electron chi connectivity index (χ0n) is 38.2. The molecule has 0 N–H and O–H groups in total. The maximum Gasteiger partial charge on any atom is 0.311 e. The Labute approximate surface area is 387 Å². The van der Waals surface area contributed by atoms with E-state index < -0.39 is 25.2 Å². The van der Waals surface area contributed by atoms with Crippen LogP contribution >= 0.6 is 0 Å². The van der Waals surface area contributed by atoms with Crippen molar-refractivity contribution in [3.63, 3.8) is 0 Å². The molecule has 0 saturated carbocycles. The van der Waals surface area contributed by atoms with Crippen LogP contribution in [0.15, 0.2) is 194 Å². The first-order chi connectivity index (χ1) is 31.4. The predicted molar refractivity (Wildman–Crippen MR) is 285 cm³/mol. The Balaban J connectivity index is 0.752. The Morgan fingerprint density at radius 3 is 1.35 bits per heavy atom. The van der Waals surface area contributed by atoms with Gasteiger partial charge in [0.25, 0.3) is 0 Å². The van der Waals surface area contributed by atoms with Crippen LogP contribution in [0.5, 0.6) is 0 Å². The molecule has 65 heavy (non-hydrogen) atoms. The quantitative estimate of drug-likeness (QED) is 0.0903. The maximum atomic E-state index is 7.08. The first kappa shape index (κ1) is 42.6. The summed E-state index contributed by atoms with van der Waals surface area (Å²) in [6.07, 6.45) is 17.8. The van der Waals surface area contributed by atoms with Gasteiger partial charge in [0.1, 0.15) is 0 Å². The average molecular weight is 897 g/mol. The smallest absolute Gasteiger partial charge is 0.311 e. The van der Waals surface area contributed by atoms with Gasteiger partial charge in [-0.3, -0.25) is 0 Å². The van der Waals surface area contributed by atoms with Crippen LogP contribution in [0.4, 0.5) is 11.4 Å². The summed E-state index contributed by atoms with van der Waals surface area (Å²) in [6.45, 7) is 13.6. The van der Waals surface area contributed by atoms with Gasteiger partial charge >= 0.3 is 8.56 Å². The van der Waals surface area contributed by atoms with Crippen LogP contribution in [0.3, 0.4) is 0 Å². The van der Waals surface area contributed by atoms with E-state index in [2.05, 4.69) is 267 Å². The number of fused-ring (bicyclic) bond motifs is 6. The first-order valence-corrected chi connectivity index (χ1v) is 31.5. The van der Waals surface area contributed by atoms with E-state index in [0.717, 1.165) is 5.69 Å². The molecule has 0 fully saturated rings. The van der Waals surface area contributed by atoms with Crippen LogP contribution in [-0.2, 0) is 8.23 Å². The van der Waals surface area contributed by atoms with Gasteiger partial charge in [-0.2, -0.15) is 0 Å². The van der Waals surface area contributed by atoms with Crippen molar-refractivity contribution in [3.05, 3.63) is 222 Å². The number of benzene rings is 7. The van der Waals surface area contributed by atoms with Crippen molar-refractivity contribution in [2.45, 2.75) is 51.2 Å². The first-order valence-electron chi connectivity index (χ1n) is 22.8. The summed E-state index contributed by atoms with van der Waals surface area (Å²) in [5.41, 5.74) is 12.2. The Bertz CT molecular complexity index is 3070. The number of hydrogen-bond acceptors (Lipinski definition) is 3. The summed E-state index contributed by atoms with van der Waals surface area (Å²) in [5.74, 6) is 0.390. The van der Waals surface area contributed by atoms with Gasteiger partial charge in [-0.1, -0.05) is 176 Å². The van der Waals surface area contributed by atoms with Gasteiger partial charge in [0.05, 0.1) is 17.1 Å². The number of rotatable bonds is 12. The second-order valence-corrected chi connectivity index (χ2v) is 30.4. The molecule has 10 rings (SSSR count). The number of anilines is 2. The van der Waals surface area contributed by atoms with E-state index in [1.54, 1.807) is 0 Å². The lowest BCUT2D eigenvalue weighted by molar-refractivity contribution is 0.401. The Kier molecular flexibility index (Phi) is 11.3. The zero-order chi connectivity index (χ0) is 44.8. The zero-order valence-corrected chi connectivity index (χ0v) is 41.2. The van der Waals surface area contributed by atoms with Gasteiger partial charge in [0.15, 0.2) is 0 Å². The number of allylic oxidation sites excluding steroid dienone is 2. The monoisotopic (exact) mass is 896 g/mol. The Morgan fingerprint density at radius 2 is 0.846 bits per heavy atom. The molecule has 322 valence electrons. The SMILES string of the molecule is C[Si](C)(O[Si](C)(C)c1ccc(/C=C/c2ccc(N3c4ccccc4C4C=CC=CC43)cc2)cc1)O[Si](C)(C)c1ccc(/C=C/c2ccc(-n3c4ccccc4c4ccccc43)cc2)cc1. The van der Waals surface area contributed by atoms with E-state index in [4.69, 9.17) is 8.23 Å².